The fourth-order valence-corrected chi connectivity index (χ4v) is 3.19. The van der Waals surface area contributed by atoms with Crippen LogP contribution < -0.4 is 4.90 Å². The summed E-state index contributed by atoms with van der Waals surface area (Å²) in [5.41, 5.74) is 0.313. The van der Waals surface area contributed by atoms with E-state index in [-0.39, 0.29) is 11.2 Å². The summed E-state index contributed by atoms with van der Waals surface area (Å²) in [6, 6.07) is 3.24. The lowest BCUT2D eigenvalue weighted by molar-refractivity contribution is -0.159. The molecule has 2 fully saturated rings. The quantitative estimate of drug-likeness (QED) is 0.880. The molecule has 0 atom stereocenters. The number of anilines is 1. The zero-order valence-corrected chi connectivity index (χ0v) is 12.7. The minimum Gasteiger partial charge on any atom is -0.465 e. The molecule has 4 heterocycles. The van der Waals surface area contributed by atoms with Crippen molar-refractivity contribution in [2.45, 2.75) is 6.18 Å². The van der Waals surface area contributed by atoms with E-state index in [1.807, 2.05) is 4.90 Å². The highest BCUT2D eigenvalue weighted by molar-refractivity contribution is 5.67. The average molecular weight is 355 g/mol. The van der Waals surface area contributed by atoms with E-state index in [0.717, 1.165) is 0 Å². The summed E-state index contributed by atoms with van der Waals surface area (Å²) < 4.78 is 41.6. The Morgan fingerprint density at radius 2 is 1.96 bits per heavy atom. The first-order valence-electron chi connectivity index (χ1n) is 7.36. The molecule has 11 heteroatoms. The van der Waals surface area contributed by atoms with Crippen LogP contribution in [0.1, 0.15) is 5.89 Å². The molecule has 2 aliphatic heterocycles. The second kappa shape index (κ2) is 5.07. The Hall–Kier alpha value is -2.85. The number of hydrogen-bond acceptors (Lipinski definition) is 6. The van der Waals surface area contributed by atoms with Crippen LogP contribution in [-0.4, -0.2) is 57.4 Å². The van der Waals surface area contributed by atoms with Crippen LogP contribution in [0.2, 0.25) is 0 Å². The normalized spacial score (nSPS) is 18.8. The SMILES string of the molecule is O=C(O)N1CC2(C1)CN(c1ccc(-c3noc(C(F)(F)F)n3)cn1)C2. The first kappa shape index (κ1) is 15.7. The number of alkyl halides is 3. The number of aromatic nitrogens is 3. The number of rotatable bonds is 2. The summed E-state index contributed by atoms with van der Waals surface area (Å²) in [5.74, 6) is -0.908. The Morgan fingerprint density at radius 1 is 1.24 bits per heavy atom. The molecule has 0 radical (unpaired) electrons. The highest BCUT2D eigenvalue weighted by Gasteiger charge is 2.53. The lowest BCUT2D eigenvalue weighted by Gasteiger charge is -2.59. The van der Waals surface area contributed by atoms with E-state index in [1.165, 1.54) is 11.1 Å². The van der Waals surface area contributed by atoms with E-state index in [4.69, 9.17) is 5.11 Å². The van der Waals surface area contributed by atoms with Crippen LogP contribution in [0, 0.1) is 5.41 Å². The van der Waals surface area contributed by atoms with Crippen LogP contribution in [0.15, 0.2) is 22.9 Å². The monoisotopic (exact) mass is 355 g/mol. The summed E-state index contributed by atoms with van der Waals surface area (Å²) in [6.45, 7) is 2.42. The lowest BCUT2D eigenvalue weighted by atomic mass is 9.73. The summed E-state index contributed by atoms with van der Waals surface area (Å²) in [6.07, 6.45) is -4.21. The zero-order valence-electron chi connectivity index (χ0n) is 12.7. The van der Waals surface area contributed by atoms with Gasteiger partial charge in [-0.25, -0.2) is 9.78 Å². The smallest absolute Gasteiger partial charge is 0.465 e. The third-order valence-electron chi connectivity index (χ3n) is 4.37. The topological polar surface area (TPSA) is 95.6 Å². The third kappa shape index (κ3) is 2.65. The van der Waals surface area contributed by atoms with Gasteiger partial charge in [-0.1, -0.05) is 5.16 Å². The molecular formula is C14H12F3N5O3. The summed E-state index contributed by atoms with van der Waals surface area (Å²) in [4.78, 5) is 21.7. The Labute approximate surface area is 138 Å². The van der Waals surface area contributed by atoms with Gasteiger partial charge < -0.3 is 19.4 Å². The number of carbonyl (C=O) groups is 1. The van der Waals surface area contributed by atoms with Crippen molar-refractivity contribution >= 4 is 11.9 Å². The van der Waals surface area contributed by atoms with Crippen molar-refractivity contribution in [3.8, 4) is 11.4 Å². The highest BCUT2D eigenvalue weighted by Crippen LogP contribution is 2.41. The van der Waals surface area contributed by atoms with Gasteiger partial charge in [0.15, 0.2) is 0 Å². The van der Waals surface area contributed by atoms with Gasteiger partial charge in [0, 0.05) is 43.4 Å². The van der Waals surface area contributed by atoms with E-state index in [2.05, 4.69) is 19.6 Å². The van der Waals surface area contributed by atoms with Crippen molar-refractivity contribution in [3.63, 3.8) is 0 Å². The molecule has 1 N–H and O–H groups in total. The van der Waals surface area contributed by atoms with Gasteiger partial charge in [-0.3, -0.25) is 0 Å². The standard InChI is InChI=1S/C14H12F3N5O3/c15-14(16,17)11-19-10(20-25-11)8-1-2-9(18-3-8)21-4-13(5-21)6-22(7-13)12(23)24/h1-3H,4-7H2,(H,23,24). The van der Waals surface area contributed by atoms with Crippen molar-refractivity contribution in [2.75, 3.05) is 31.1 Å². The molecule has 2 saturated heterocycles. The molecule has 1 spiro atoms. The van der Waals surface area contributed by atoms with Gasteiger partial charge in [0.2, 0.25) is 5.82 Å². The molecule has 2 aromatic heterocycles. The molecule has 0 unspecified atom stereocenters. The molecule has 0 bridgehead atoms. The van der Waals surface area contributed by atoms with E-state index < -0.39 is 18.2 Å². The van der Waals surface area contributed by atoms with Crippen molar-refractivity contribution in [1.29, 1.82) is 0 Å². The maximum atomic E-state index is 12.5. The summed E-state index contributed by atoms with van der Waals surface area (Å²) in [7, 11) is 0. The fraction of sp³-hybridized carbons (Fsp3) is 0.429. The first-order chi connectivity index (χ1) is 11.8. The number of hydrogen-bond donors (Lipinski definition) is 1. The largest absolute Gasteiger partial charge is 0.471 e. The Bertz CT molecular complexity index is 806. The van der Waals surface area contributed by atoms with Crippen LogP contribution >= 0.6 is 0 Å². The van der Waals surface area contributed by atoms with E-state index >= 15 is 0 Å². The molecular weight excluding hydrogens is 343 g/mol. The average Bonchev–Trinajstić information content (AvgIpc) is 2.94. The maximum absolute atomic E-state index is 12.5. The fourth-order valence-electron chi connectivity index (χ4n) is 3.19. The molecule has 4 rings (SSSR count). The minimum absolute atomic E-state index is 0.00593. The van der Waals surface area contributed by atoms with Gasteiger partial charge in [0.1, 0.15) is 5.82 Å². The van der Waals surface area contributed by atoms with E-state index in [0.29, 0.717) is 37.6 Å². The third-order valence-corrected chi connectivity index (χ3v) is 4.37. The second-order valence-corrected chi connectivity index (χ2v) is 6.32. The molecule has 1 amide bonds. The van der Waals surface area contributed by atoms with Gasteiger partial charge in [-0.15, -0.1) is 0 Å². The van der Waals surface area contributed by atoms with Gasteiger partial charge in [0.05, 0.1) is 0 Å². The highest BCUT2D eigenvalue weighted by atomic mass is 19.4. The van der Waals surface area contributed by atoms with Gasteiger partial charge in [-0.05, 0) is 12.1 Å². The first-order valence-corrected chi connectivity index (χ1v) is 7.36. The number of likely N-dealkylation sites (tertiary alicyclic amines) is 1. The minimum atomic E-state index is -4.68. The second-order valence-electron chi connectivity index (χ2n) is 6.32. The summed E-state index contributed by atoms with van der Waals surface area (Å²) in [5, 5.41) is 12.2. The molecule has 132 valence electrons. The molecule has 2 aromatic rings. The van der Waals surface area contributed by atoms with Crippen molar-refractivity contribution < 1.29 is 27.6 Å². The van der Waals surface area contributed by atoms with Gasteiger partial charge in [0.25, 0.3) is 0 Å². The number of amides is 1. The predicted octanol–water partition coefficient (Wildman–Crippen LogP) is 1.95. The predicted molar refractivity (Wildman–Crippen MR) is 76.8 cm³/mol. The lowest BCUT2D eigenvalue weighted by Crippen LogP contribution is -2.73. The van der Waals surface area contributed by atoms with Crippen LogP contribution in [0.25, 0.3) is 11.4 Å². The van der Waals surface area contributed by atoms with Crippen LogP contribution in [0.5, 0.6) is 0 Å². The molecule has 2 aliphatic rings. The van der Waals surface area contributed by atoms with Crippen molar-refractivity contribution in [2.24, 2.45) is 5.41 Å². The Balaban J connectivity index is 1.40. The van der Waals surface area contributed by atoms with E-state index in [9.17, 15) is 18.0 Å². The number of carboxylic acid groups (broad SMARTS) is 1. The Kier molecular flexibility index (Phi) is 3.18. The van der Waals surface area contributed by atoms with Gasteiger partial charge in [-0.2, -0.15) is 18.2 Å². The number of pyridine rings is 1. The number of halogens is 3. The van der Waals surface area contributed by atoms with Crippen LogP contribution in [0.3, 0.4) is 0 Å². The molecule has 0 aliphatic carbocycles. The number of nitrogens with zero attached hydrogens (tertiary/aromatic N) is 5. The zero-order chi connectivity index (χ0) is 17.8. The van der Waals surface area contributed by atoms with E-state index in [1.54, 1.807) is 12.1 Å². The van der Waals surface area contributed by atoms with Crippen molar-refractivity contribution in [1.82, 2.24) is 20.0 Å². The Morgan fingerprint density at radius 3 is 2.48 bits per heavy atom. The molecule has 0 saturated carbocycles. The van der Waals surface area contributed by atoms with Gasteiger partial charge >= 0.3 is 18.2 Å². The summed E-state index contributed by atoms with van der Waals surface area (Å²) >= 11 is 0. The molecule has 0 aromatic carbocycles. The van der Waals surface area contributed by atoms with Crippen molar-refractivity contribution in [3.05, 3.63) is 24.2 Å². The van der Waals surface area contributed by atoms with Crippen LogP contribution in [-0.2, 0) is 6.18 Å². The van der Waals surface area contributed by atoms with Crippen LogP contribution in [0.4, 0.5) is 23.8 Å². The maximum Gasteiger partial charge on any atom is 0.471 e. The molecule has 8 nitrogen and oxygen atoms in total. The molecule has 25 heavy (non-hydrogen) atoms.